The highest BCUT2D eigenvalue weighted by Crippen LogP contribution is 2.43. The lowest BCUT2D eigenvalue weighted by atomic mass is 10.00. The topological polar surface area (TPSA) is 129 Å². The number of nitrogens with zero attached hydrogens (tertiary/aromatic N) is 2. The number of rotatable bonds is 4. The van der Waals surface area contributed by atoms with Gasteiger partial charge >= 0.3 is 0 Å². The van der Waals surface area contributed by atoms with Crippen LogP contribution in [-0.2, 0) is 6.54 Å². The van der Waals surface area contributed by atoms with E-state index in [9.17, 15) is 20.4 Å². The lowest BCUT2D eigenvalue weighted by Crippen LogP contribution is -2.12. The van der Waals surface area contributed by atoms with E-state index in [-0.39, 0.29) is 23.0 Å². The lowest BCUT2D eigenvalue weighted by molar-refractivity contribution is 0.475. The molecule has 3 aromatic heterocycles. The standard InChI is InChI=1S/C45H34N4O4/c1-49-25-30-24-41(49)45(29-9-5-13-34(53)23-29)40-19-18-39(48-40)44(28-8-4-12-33(52)22-28)38-17-16-37(47-38)43(27-7-3-11-32(51)21-27)36-15-14-35(46-36)42(30)26-6-2-10-31(50)20-26/h2-24,46-47,50-53H,25H2,1H3. The van der Waals surface area contributed by atoms with Crippen LogP contribution in [-0.4, -0.2) is 42.4 Å². The minimum absolute atomic E-state index is 0.137. The number of H-pyrrole nitrogens is 2. The van der Waals surface area contributed by atoms with E-state index in [1.807, 2.05) is 92.0 Å². The van der Waals surface area contributed by atoms with Gasteiger partial charge in [0, 0.05) is 63.6 Å². The summed E-state index contributed by atoms with van der Waals surface area (Å²) in [6, 6.07) is 39.1. The summed E-state index contributed by atoms with van der Waals surface area (Å²) in [4.78, 5) is 14.8. The second kappa shape index (κ2) is 12.5. The van der Waals surface area contributed by atoms with Gasteiger partial charge in [-0.2, -0.15) is 0 Å². The van der Waals surface area contributed by atoms with Gasteiger partial charge in [0.15, 0.2) is 0 Å². The van der Waals surface area contributed by atoms with E-state index in [1.54, 1.807) is 48.5 Å². The highest BCUT2D eigenvalue weighted by atomic mass is 16.3. The number of aromatic amines is 2. The highest BCUT2D eigenvalue weighted by Gasteiger charge is 2.23. The second-order valence-corrected chi connectivity index (χ2v) is 13.4. The molecular weight excluding hydrogens is 661 g/mol. The maximum Gasteiger partial charge on any atom is 0.116 e. The molecule has 0 saturated heterocycles. The molecule has 6 N–H and O–H groups in total. The maximum absolute atomic E-state index is 10.6. The number of benzene rings is 4. The summed E-state index contributed by atoms with van der Waals surface area (Å²) < 4.78 is 0. The van der Waals surface area contributed by atoms with Gasteiger partial charge in [0.05, 0.1) is 11.4 Å². The number of nitrogens with one attached hydrogen (secondary N) is 2. The van der Waals surface area contributed by atoms with Crippen molar-refractivity contribution in [3.8, 4) is 67.5 Å². The Kier molecular flexibility index (Phi) is 7.52. The fraction of sp³-hybridized carbons (Fsp3) is 0.0444. The van der Waals surface area contributed by atoms with Crippen molar-refractivity contribution in [2.24, 2.45) is 0 Å². The van der Waals surface area contributed by atoms with Crippen LogP contribution in [0.5, 0.6) is 23.0 Å². The molecule has 258 valence electrons. The van der Waals surface area contributed by atoms with E-state index in [2.05, 4.69) is 20.9 Å². The van der Waals surface area contributed by atoms with Crippen LogP contribution in [0, 0.1) is 0 Å². The fourth-order valence-corrected chi connectivity index (χ4v) is 7.57. The van der Waals surface area contributed by atoms with Crippen LogP contribution < -0.4 is 4.90 Å². The zero-order valence-electron chi connectivity index (χ0n) is 28.7. The molecule has 2 aliphatic rings. The molecule has 8 nitrogen and oxygen atoms in total. The number of phenolic OH excluding ortho intramolecular Hbond substituents is 4. The summed E-state index contributed by atoms with van der Waals surface area (Å²) in [5.74, 6) is 0.595. The molecule has 0 unspecified atom stereocenters. The van der Waals surface area contributed by atoms with Crippen molar-refractivity contribution in [2.45, 2.75) is 6.54 Å². The maximum atomic E-state index is 10.6. The minimum Gasteiger partial charge on any atom is -0.508 e. The Balaban J connectivity index is 1.50. The third kappa shape index (κ3) is 5.72. The van der Waals surface area contributed by atoms with Gasteiger partial charge in [-0.15, -0.1) is 0 Å². The predicted octanol–water partition coefficient (Wildman–Crippen LogP) is 10.2. The quantitative estimate of drug-likeness (QED) is 0.109. The number of anilines is 1. The fourth-order valence-electron chi connectivity index (χ4n) is 7.57. The van der Waals surface area contributed by atoms with Gasteiger partial charge in [0.25, 0.3) is 0 Å². The summed E-state index contributed by atoms with van der Waals surface area (Å²) in [5, 5.41) is 42.5. The molecule has 0 aliphatic carbocycles. The monoisotopic (exact) mass is 694 g/mol. The lowest BCUT2D eigenvalue weighted by Gasteiger charge is -2.17. The number of aromatic hydroxyl groups is 4. The molecule has 8 bridgehead atoms. The Labute approximate surface area is 304 Å². The van der Waals surface area contributed by atoms with Crippen LogP contribution >= 0.6 is 0 Å². The SMILES string of the molecule is CN1Cc2cc1c(-c1cccc(O)c1)c1nc(c(-c3cccc(O)c3)c3ccc([nH]3)c(-c3cccc(O)c3)c3ccc([nH]3)c2-c2cccc(O)c2)C=C1. The molecule has 0 radical (unpaired) electrons. The minimum atomic E-state index is 0.137. The van der Waals surface area contributed by atoms with Gasteiger partial charge < -0.3 is 35.3 Å². The number of fused-ring (bicyclic) bond motifs is 8. The van der Waals surface area contributed by atoms with Gasteiger partial charge in [0.2, 0.25) is 0 Å². The molecule has 0 atom stereocenters. The molecule has 0 fully saturated rings. The van der Waals surface area contributed by atoms with Crippen LogP contribution in [0.4, 0.5) is 5.69 Å². The smallest absolute Gasteiger partial charge is 0.116 e. The van der Waals surface area contributed by atoms with Crippen LogP contribution in [0.25, 0.3) is 78.7 Å². The van der Waals surface area contributed by atoms with Gasteiger partial charge in [-0.05, 0) is 119 Å². The van der Waals surface area contributed by atoms with Crippen molar-refractivity contribution >= 4 is 39.9 Å². The molecule has 0 amide bonds. The number of phenols is 4. The summed E-state index contributed by atoms with van der Waals surface area (Å²) in [5.41, 5.74) is 13.3. The van der Waals surface area contributed by atoms with E-state index in [4.69, 9.17) is 4.98 Å². The Morgan fingerprint density at radius 3 is 1.36 bits per heavy atom. The van der Waals surface area contributed by atoms with Gasteiger partial charge in [0.1, 0.15) is 23.0 Å². The molecule has 0 saturated carbocycles. The molecule has 5 heterocycles. The molecule has 2 aliphatic heterocycles. The van der Waals surface area contributed by atoms with Gasteiger partial charge in [-0.25, -0.2) is 4.98 Å². The Bertz CT molecular complexity index is 2790. The molecule has 7 aromatic rings. The van der Waals surface area contributed by atoms with Crippen LogP contribution in [0.2, 0.25) is 0 Å². The van der Waals surface area contributed by atoms with Crippen molar-refractivity contribution in [3.63, 3.8) is 0 Å². The van der Waals surface area contributed by atoms with Gasteiger partial charge in [-0.1, -0.05) is 48.5 Å². The van der Waals surface area contributed by atoms with Crippen molar-refractivity contribution in [1.82, 2.24) is 15.0 Å². The third-order valence-corrected chi connectivity index (χ3v) is 9.85. The third-order valence-electron chi connectivity index (χ3n) is 9.85. The molecule has 4 aromatic carbocycles. The Morgan fingerprint density at radius 1 is 0.472 bits per heavy atom. The average Bonchev–Trinajstić information content (AvgIpc) is 3.96. The first-order chi connectivity index (χ1) is 25.8. The van der Waals surface area contributed by atoms with Crippen molar-refractivity contribution in [2.75, 3.05) is 11.9 Å². The largest absolute Gasteiger partial charge is 0.508 e. The highest BCUT2D eigenvalue weighted by molar-refractivity contribution is 6.00. The van der Waals surface area contributed by atoms with Crippen molar-refractivity contribution in [1.29, 1.82) is 0 Å². The Morgan fingerprint density at radius 2 is 0.868 bits per heavy atom. The summed E-state index contributed by atoms with van der Waals surface area (Å²) >= 11 is 0. The molecule has 9 rings (SSSR count). The molecule has 8 heteroatoms. The van der Waals surface area contributed by atoms with E-state index in [0.717, 1.165) is 83.5 Å². The average molecular weight is 695 g/mol. The van der Waals surface area contributed by atoms with Crippen LogP contribution in [0.15, 0.2) is 127 Å². The number of aromatic nitrogens is 3. The zero-order chi connectivity index (χ0) is 36.2. The summed E-state index contributed by atoms with van der Waals surface area (Å²) in [6.45, 7) is 0.563. The van der Waals surface area contributed by atoms with E-state index < -0.39 is 0 Å². The zero-order valence-corrected chi connectivity index (χ0v) is 28.7. The van der Waals surface area contributed by atoms with Crippen LogP contribution in [0.1, 0.15) is 17.0 Å². The van der Waals surface area contributed by atoms with Crippen LogP contribution in [0.3, 0.4) is 0 Å². The molecule has 0 spiro atoms. The second-order valence-electron chi connectivity index (χ2n) is 13.4. The summed E-state index contributed by atoms with van der Waals surface area (Å²) in [7, 11) is 2.04. The van der Waals surface area contributed by atoms with Crippen molar-refractivity contribution < 1.29 is 20.4 Å². The first-order valence-electron chi connectivity index (χ1n) is 17.3. The van der Waals surface area contributed by atoms with E-state index >= 15 is 0 Å². The van der Waals surface area contributed by atoms with Crippen molar-refractivity contribution in [3.05, 3.63) is 144 Å². The number of hydrogen-bond acceptors (Lipinski definition) is 6. The van der Waals surface area contributed by atoms with E-state index in [1.165, 1.54) is 0 Å². The number of hydrogen-bond donors (Lipinski definition) is 6. The normalized spacial score (nSPS) is 12.4. The molecule has 53 heavy (non-hydrogen) atoms. The predicted molar refractivity (Wildman–Crippen MR) is 213 cm³/mol. The first-order valence-corrected chi connectivity index (χ1v) is 17.3. The van der Waals surface area contributed by atoms with Gasteiger partial charge in [-0.3, -0.25) is 0 Å². The first kappa shape index (κ1) is 31.8. The summed E-state index contributed by atoms with van der Waals surface area (Å²) in [6.07, 6.45) is 3.98. The van der Waals surface area contributed by atoms with E-state index in [0.29, 0.717) is 12.2 Å². The molecular formula is C45H34N4O4. The Hall–Kier alpha value is -7.19.